The Balaban J connectivity index is 1.60. The van der Waals surface area contributed by atoms with Crippen LogP contribution in [0.25, 0.3) is 0 Å². The number of sulfonamides is 1. The van der Waals surface area contributed by atoms with Crippen LogP contribution in [0.4, 0.5) is 10.1 Å². The van der Waals surface area contributed by atoms with Gasteiger partial charge in [-0.3, -0.25) is 4.79 Å². The number of carbonyl (C=O) groups excluding carboxylic acids is 1. The van der Waals surface area contributed by atoms with Gasteiger partial charge in [0, 0.05) is 18.2 Å². The number of amides is 1. The van der Waals surface area contributed by atoms with Gasteiger partial charge in [-0.2, -0.15) is 4.31 Å². The lowest BCUT2D eigenvalue weighted by Gasteiger charge is -2.31. The van der Waals surface area contributed by atoms with E-state index in [2.05, 4.69) is 5.32 Å². The zero-order chi connectivity index (χ0) is 19.4. The van der Waals surface area contributed by atoms with Crippen LogP contribution < -0.4 is 10.2 Å². The van der Waals surface area contributed by atoms with Crippen molar-refractivity contribution in [3.63, 3.8) is 0 Å². The number of rotatable bonds is 5. The molecule has 3 rings (SSSR count). The maximum Gasteiger partial charge on any atom is 0.243 e. The van der Waals surface area contributed by atoms with Crippen LogP contribution in [0.2, 0.25) is 0 Å². The summed E-state index contributed by atoms with van der Waals surface area (Å²) in [4.78, 5) is 12.6. The van der Waals surface area contributed by atoms with Gasteiger partial charge in [0.1, 0.15) is 12.4 Å². The van der Waals surface area contributed by atoms with E-state index in [1.165, 1.54) is 40.4 Å². The fourth-order valence-corrected chi connectivity index (χ4v) is 4.61. The standard InChI is InChI=1S/C19H22FN3O3S/c1-15(24)21-18-6-8-19(9-7-18)27(25,26)23-12-10-22(11-13-23)14-16-2-4-17(20)5-3-16/h2-9H,10-14H2,1H3,(H,21,24)/p+1. The number of nitrogens with one attached hydrogen (secondary N) is 2. The number of nitrogens with zero attached hydrogens (tertiary/aromatic N) is 1. The van der Waals surface area contributed by atoms with Crippen molar-refractivity contribution in [3.8, 4) is 0 Å². The van der Waals surface area contributed by atoms with Gasteiger partial charge in [-0.25, -0.2) is 12.8 Å². The van der Waals surface area contributed by atoms with Gasteiger partial charge in [0.15, 0.2) is 0 Å². The molecule has 0 saturated carbocycles. The fraction of sp³-hybridized carbons (Fsp3) is 0.316. The summed E-state index contributed by atoms with van der Waals surface area (Å²) in [6.45, 7) is 4.41. The highest BCUT2D eigenvalue weighted by Gasteiger charge is 2.30. The predicted octanol–water partition coefficient (Wildman–Crippen LogP) is 0.874. The van der Waals surface area contributed by atoms with Crippen LogP contribution in [0.5, 0.6) is 0 Å². The normalized spacial score (nSPS) is 16.2. The Morgan fingerprint density at radius 2 is 1.67 bits per heavy atom. The number of hydrogen-bond donors (Lipinski definition) is 2. The number of hydrogen-bond acceptors (Lipinski definition) is 3. The topological polar surface area (TPSA) is 70.9 Å². The molecular formula is C19H23FN3O3S+. The summed E-state index contributed by atoms with van der Waals surface area (Å²) in [6, 6.07) is 12.6. The highest BCUT2D eigenvalue weighted by atomic mass is 32.2. The van der Waals surface area contributed by atoms with E-state index in [0.717, 1.165) is 12.1 Å². The molecule has 2 aromatic carbocycles. The minimum atomic E-state index is -3.55. The fourth-order valence-electron chi connectivity index (χ4n) is 3.17. The lowest BCUT2D eigenvalue weighted by atomic mass is 10.2. The molecule has 2 aromatic rings. The van der Waals surface area contributed by atoms with E-state index in [4.69, 9.17) is 0 Å². The summed E-state index contributed by atoms with van der Waals surface area (Å²) in [6.07, 6.45) is 0. The molecule has 2 N–H and O–H groups in total. The number of benzene rings is 2. The third kappa shape index (κ3) is 4.91. The molecule has 1 fully saturated rings. The number of quaternary nitrogens is 1. The molecule has 0 unspecified atom stereocenters. The van der Waals surface area contributed by atoms with Crippen LogP contribution in [0.1, 0.15) is 12.5 Å². The number of anilines is 1. The molecule has 1 heterocycles. The first-order chi connectivity index (χ1) is 12.8. The summed E-state index contributed by atoms with van der Waals surface area (Å²) in [5, 5.41) is 2.62. The molecule has 8 heteroatoms. The number of carbonyl (C=O) groups is 1. The van der Waals surface area contributed by atoms with Crippen molar-refractivity contribution in [2.24, 2.45) is 0 Å². The van der Waals surface area contributed by atoms with Gasteiger partial charge < -0.3 is 10.2 Å². The summed E-state index contributed by atoms with van der Waals surface area (Å²) in [5.41, 5.74) is 1.60. The van der Waals surface area contributed by atoms with Crippen LogP contribution in [-0.4, -0.2) is 44.8 Å². The Hall–Kier alpha value is -2.29. The number of halogens is 1. The van der Waals surface area contributed by atoms with Gasteiger partial charge in [-0.05, 0) is 36.4 Å². The molecule has 1 amide bonds. The smallest absolute Gasteiger partial charge is 0.243 e. The Bertz CT molecular complexity index is 891. The minimum Gasteiger partial charge on any atom is -0.329 e. The van der Waals surface area contributed by atoms with Gasteiger partial charge in [0.2, 0.25) is 15.9 Å². The van der Waals surface area contributed by atoms with E-state index in [9.17, 15) is 17.6 Å². The second kappa shape index (κ2) is 8.16. The molecule has 0 spiro atoms. The van der Waals surface area contributed by atoms with Gasteiger partial charge in [-0.1, -0.05) is 12.1 Å². The van der Waals surface area contributed by atoms with Crippen molar-refractivity contribution in [1.29, 1.82) is 0 Å². The molecule has 1 aliphatic rings. The summed E-state index contributed by atoms with van der Waals surface area (Å²) >= 11 is 0. The highest BCUT2D eigenvalue weighted by Crippen LogP contribution is 2.18. The van der Waals surface area contributed by atoms with E-state index in [0.29, 0.717) is 31.9 Å². The molecule has 0 atom stereocenters. The molecule has 1 saturated heterocycles. The van der Waals surface area contributed by atoms with E-state index in [1.807, 2.05) is 0 Å². The molecule has 0 bridgehead atoms. The molecule has 6 nitrogen and oxygen atoms in total. The molecule has 27 heavy (non-hydrogen) atoms. The largest absolute Gasteiger partial charge is 0.329 e. The summed E-state index contributed by atoms with van der Waals surface area (Å²) in [5.74, 6) is -0.458. The van der Waals surface area contributed by atoms with Crippen molar-refractivity contribution in [3.05, 3.63) is 59.9 Å². The van der Waals surface area contributed by atoms with E-state index in [-0.39, 0.29) is 16.6 Å². The van der Waals surface area contributed by atoms with Gasteiger partial charge >= 0.3 is 0 Å². The van der Waals surface area contributed by atoms with E-state index >= 15 is 0 Å². The maximum atomic E-state index is 13.0. The maximum absolute atomic E-state index is 13.0. The van der Waals surface area contributed by atoms with Crippen molar-refractivity contribution in [2.45, 2.75) is 18.4 Å². The van der Waals surface area contributed by atoms with Crippen molar-refractivity contribution < 1.29 is 22.5 Å². The molecular weight excluding hydrogens is 369 g/mol. The van der Waals surface area contributed by atoms with Gasteiger partial charge in [0.05, 0.1) is 31.1 Å². The first-order valence-corrected chi connectivity index (χ1v) is 10.2. The van der Waals surface area contributed by atoms with E-state index < -0.39 is 10.0 Å². The SMILES string of the molecule is CC(=O)Nc1ccc(S(=O)(=O)N2CC[NH+](Cc3ccc(F)cc3)CC2)cc1. The Kier molecular flexibility index (Phi) is 5.88. The highest BCUT2D eigenvalue weighted by molar-refractivity contribution is 7.89. The first kappa shape index (κ1) is 19.5. The van der Waals surface area contributed by atoms with Crippen molar-refractivity contribution in [2.75, 3.05) is 31.5 Å². The molecule has 0 aliphatic carbocycles. The van der Waals surface area contributed by atoms with E-state index in [1.54, 1.807) is 24.3 Å². The van der Waals surface area contributed by atoms with Crippen LogP contribution in [0, 0.1) is 5.82 Å². The van der Waals surface area contributed by atoms with Crippen LogP contribution >= 0.6 is 0 Å². The zero-order valence-electron chi connectivity index (χ0n) is 15.1. The summed E-state index contributed by atoms with van der Waals surface area (Å²) in [7, 11) is -3.55. The third-order valence-electron chi connectivity index (χ3n) is 4.61. The summed E-state index contributed by atoms with van der Waals surface area (Å²) < 4.78 is 40.1. The quantitative estimate of drug-likeness (QED) is 0.793. The monoisotopic (exact) mass is 392 g/mol. The second-order valence-corrected chi connectivity index (χ2v) is 8.60. The minimum absolute atomic E-state index is 0.203. The molecule has 144 valence electrons. The lowest BCUT2D eigenvalue weighted by molar-refractivity contribution is -0.917. The average molecular weight is 392 g/mol. The van der Waals surface area contributed by atoms with Crippen molar-refractivity contribution >= 4 is 21.6 Å². The Labute approximate surface area is 158 Å². The lowest BCUT2D eigenvalue weighted by Crippen LogP contribution is -3.13. The molecule has 0 aromatic heterocycles. The average Bonchev–Trinajstić information content (AvgIpc) is 2.64. The second-order valence-electron chi connectivity index (χ2n) is 6.66. The Morgan fingerprint density at radius 1 is 1.07 bits per heavy atom. The van der Waals surface area contributed by atoms with Crippen molar-refractivity contribution in [1.82, 2.24) is 4.31 Å². The van der Waals surface area contributed by atoms with Crippen LogP contribution in [-0.2, 0) is 21.4 Å². The number of piperazine rings is 1. The molecule has 1 aliphatic heterocycles. The molecule has 0 radical (unpaired) electrons. The first-order valence-electron chi connectivity index (χ1n) is 8.80. The predicted molar refractivity (Wildman–Crippen MR) is 100 cm³/mol. The Morgan fingerprint density at radius 3 is 2.22 bits per heavy atom. The third-order valence-corrected chi connectivity index (χ3v) is 6.52. The van der Waals surface area contributed by atoms with Crippen LogP contribution in [0.15, 0.2) is 53.4 Å². The van der Waals surface area contributed by atoms with Gasteiger partial charge in [0.25, 0.3) is 0 Å². The van der Waals surface area contributed by atoms with Gasteiger partial charge in [-0.15, -0.1) is 0 Å². The zero-order valence-corrected chi connectivity index (χ0v) is 15.9. The van der Waals surface area contributed by atoms with Crippen LogP contribution in [0.3, 0.4) is 0 Å².